The molecule has 5 aliphatic heterocycles. The fourth-order valence-electron chi connectivity index (χ4n) is 9.27. The first-order valence-corrected chi connectivity index (χ1v) is 11.6. The Morgan fingerprint density at radius 2 is 1.96 bits per heavy atom. The predicted molar refractivity (Wildman–Crippen MR) is 110 cm³/mol. The summed E-state index contributed by atoms with van der Waals surface area (Å²) in [4.78, 5) is 2.49. The number of unbranched alkanes of at least 4 members (excludes halogenated alkanes) is 1. The van der Waals surface area contributed by atoms with E-state index in [0.29, 0.717) is 35.9 Å². The Kier molecular flexibility index (Phi) is 3.50. The molecule has 2 N–H and O–H groups in total. The van der Waals surface area contributed by atoms with E-state index >= 15 is 0 Å². The standard InChI is InChI=1S/C24H35N2O2/c1-4-6-11-26-18-12-15(14(5-2)23(26)28)20-19(26)13-24(22(20)27)16-9-7-8-10-17(16)25(3)21(18)24/h7-10,14-15,18-23,27-28H,4-6,11-13H2,1-3H3/q+1/t14-,15-,18-,19-,20-,21-,22+,23+,24+,26?/m0/s1. The number of anilines is 1. The first-order valence-electron chi connectivity index (χ1n) is 11.6. The van der Waals surface area contributed by atoms with Crippen LogP contribution in [0.25, 0.3) is 0 Å². The SMILES string of the molecule is CCCC[N+]12[C@H](O)[C@@H](CC)[C@@H]3C[C@H]1[C@@H]1N(C)c4ccccc4[C@]14C[C@H]2[C@H]3[C@H]4O. The van der Waals surface area contributed by atoms with Crippen LogP contribution in [0.2, 0.25) is 0 Å². The number of para-hydroxylation sites is 1. The number of rotatable bonds is 4. The maximum atomic E-state index is 12.0. The Morgan fingerprint density at radius 3 is 2.71 bits per heavy atom. The van der Waals surface area contributed by atoms with E-state index in [2.05, 4.69) is 50.1 Å². The topological polar surface area (TPSA) is 43.7 Å². The van der Waals surface area contributed by atoms with Gasteiger partial charge in [-0.25, -0.2) is 0 Å². The molecule has 152 valence electrons. The molecular weight excluding hydrogens is 348 g/mol. The summed E-state index contributed by atoms with van der Waals surface area (Å²) < 4.78 is 0.884. The Labute approximate surface area is 168 Å². The number of nitrogens with zero attached hydrogens (tertiary/aromatic N) is 2. The van der Waals surface area contributed by atoms with Crippen LogP contribution in [0.5, 0.6) is 0 Å². The number of aliphatic hydroxyl groups is 2. The molecule has 0 amide bonds. The Hall–Kier alpha value is -1.10. The van der Waals surface area contributed by atoms with Crippen molar-refractivity contribution < 1.29 is 14.7 Å². The zero-order chi connectivity index (χ0) is 19.4. The summed E-state index contributed by atoms with van der Waals surface area (Å²) in [5, 5.41) is 23.7. The van der Waals surface area contributed by atoms with Gasteiger partial charge in [-0.05, 0) is 30.4 Å². The number of hydrogen-bond donors (Lipinski definition) is 2. The molecule has 5 bridgehead atoms. The van der Waals surface area contributed by atoms with E-state index in [-0.39, 0.29) is 17.7 Å². The van der Waals surface area contributed by atoms with E-state index in [0.717, 1.165) is 23.9 Å². The van der Waals surface area contributed by atoms with Gasteiger partial charge in [0.25, 0.3) is 0 Å². The third-order valence-electron chi connectivity index (χ3n) is 10.0. The van der Waals surface area contributed by atoms with E-state index in [1.54, 1.807) is 0 Å². The van der Waals surface area contributed by atoms with Crippen molar-refractivity contribution in [2.45, 2.75) is 81.8 Å². The molecule has 1 aromatic rings. The summed E-state index contributed by atoms with van der Waals surface area (Å²) in [5.74, 6) is 1.18. The van der Waals surface area contributed by atoms with Crippen molar-refractivity contribution >= 4 is 5.69 Å². The third-order valence-corrected chi connectivity index (χ3v) is 10.0. The highest BCUT2D eigenvalue weighted by molar-refractivity contribution is 5.66. The molecule has 1 spiro atoms. The zero-order valence-electron chi connectivity index (χ0n) is 17.5. The molecule has 1 aromatic carbocycles. The van der Waals surface area contributed by atoms with Gasteiger partial charge in [-0.3, -0.25) is 4.48 Å². The van der Waals surface area contributed by atoms with Gasteiger partial charge in [0.2, 0.25) is 0 Å². The maximum Gasteiger partial charge on any atom is 0.194 e. The van der Waals surface area contributed by atoms with Gasteiger partial charge in [0.15, 0.2) is 6.23 Å². The van der Waals surface area contributed by atoms with Crippen molar-refractivity contribution in [2.75, 3.05) is 18.5 Å². The lowest BCUT2D eigenvalue weighted by Gasteiger charge is -2.68. The highest BCUT2D eigenvalue weighted by atomic mass is 16.3. The van der Waals surface area contributed by atoms with Gasteiger partial charge in [0, 0.05) is 37.4 Å². The molecule has 4 heteroatoms. The Morgan fingerprint density at radius 1 is 1.18 bits per heavy atom. The smallest absolute Gasteiger partial charge is 0.194 e. The van der Waals surface area contributed by atoms with E-state index in [9.17, 15) is 10.2 Å². The monoisotopic (exact) mass is 383 g/mol. The van der Waals surface area contributed by atoms with Gasteiger partial charge in [-0.15, -0.1) is 0 Å². The van der Waals surface area contributed by atoms with Gasteiger partial charge in [0.1, 0.15) is 6.04 Å². The van der Waals surface area contributed by atoms with Gasteiger partial charge in [0.05, 0.1) is 30.1 Å². The average molecular weight is 384 g/mol. The fourth-order valence-corrected chi connectivity index (χ4v) is 9.27. The quantitative estimate of drug-likeness (QED) is 0.786. The van der Waals surface area contributed by atoms with Crippen LogP contribution in [-0.4, -0.2) is 58.7 Å². The van der Waals surface area contributed by atoms with E-state index in [1.165, 1.54) is 30.5 Å². The van der Waals surface area contributed by atoms with Crippen LogP contribution in [0, 0.1) is 17.8 Å². The van der Waals surface area contributed by atoms with Crippen LogP contribution in [0.15, 0.2) is 24.3 Å². The molecule has 4 saturated heterocycles. The van der Waals surface area contributed by atoms with Crippen molar-refractivity contribution in [3.63, 3.8) is 0 Å². The minimum atomic E-state index is -0.272. The predicted octanol–water partition coefficient (Wildman–Crippen LogP) is 2.87. The second-order valence-electron chi connectivity index (χ2n) is 10.4. The van der Waals surface area contributed by atoms with Crippen LogP contribution in [0.3, 0.4) is 0 Å². The van der Waals surface area contributed by atoms with Crippen LogP contribution in [0.1, 0.15) is 51.5 Å². The summed E-state index contributed by atoms with van der Waals surface area (Å²) in [6, 6.07) is 10.00. The van der Waals surface area contributed by atoms with Crippen molar-refractivity contribution in [1.82, 2.24) is 0 Å². The van der Waals surface area contributed by atoms with E-state index in [1.807, 2.05) is 0 Å². The molecule has 6 aliphatic rings. The van der Waals surface area contributed by atoms with Gasteiger partial charge >= 0.3 is 0 Å². The molecule has 10 atom stereocenters. The summed E-state index contributed by atoms with van der Waals surface area (Å²) in [5.41, 5.74) is 2.56. The minimum Gasteiger partial charge on any atom is -0.392 e. The number of quaternary nitrogens is 1. The molecule has 0 aromatic heterocycles. The molecule has 5 fully saturated rings. The maximum absolute atomic E-state index is 12.0. The lowest BCUT2D eigenvalue weighted by atomic mass is 9.60. The van der Waals surface area contributed by atoms with Crippen LogP contribution in [-0.2, 0) is 5.41 Å². The van der Waals surface area contributed by atoms with Gasteiger partial charge in [-0.2, -0.15) is 0 Å². The van der Waals surface area contributed by atoms with E-state index < -0.39 is 0 Å². The Balaban J connectivity index is 1.59. The molecule has 28 heavy (non-hydrogen) atoms. The second kappa shape index (κ2) is 5.53. The normalized spacial score (nSPS) is 52.2. The molecule has 1 unspecified atom stereocenters. The van der Waals surface area contributed by atoms with Crippen molar-refractivity contribution in [1.29, 1.82) is 0 Å². The average Bonchev–Trinajstić information content (AvgIpc) is 3.09. The van der Waals surface area contributed by atoms with Crippen LogP contribution >= 0.6 is 0 Å². The minimum absolute atomic E-state index is 0.129. The summed E-state index contributed by atoms with van der Waals surface area (Å²) in [6.07, 6.45) is 5.09. The molecule has 1 aliphatic carbocycles. The van der Waals surface area contributed by atoms with Crippen LogP contribution in [0.4, 0.5) is 5.69 Å². The Bertz CT molecular complexity index is 814. The molecule has 5 heterocycles. The van der Waals surface area contributed by atoms with Gasteiger partial charge < -0.3 is 15.1 Å². The molecule has 0 radical (unpaired) electrons. The lowest BCUT2D eigenvalue weighted by Crippen LogP contribution is -2.83. The molecular formula is C24H35N2O2+. The number of likely N-dealkylation sites (N-methyl/N-ethyl adjacent to an activating group) is 1. The first kappa shape index (κ1) is 17.7. The number of hydrogen-bond acceptors (Lipinski definition) is 3. The molecule has 7 rings (SSSR count). The highest BCUT2D eigenvalue weighted by Gasteiger charge is 2.82. The number of fused-ring (bicyclic) bond motifs is 2. The second-order valence-corrected chi connectivity index (χ2v) is 10.4. The zero-order valence-corrected chi connectivity index (χ0v) is 17.5. The summed E-state index contributed by atoms with van der Waals surface area (Å²) >= 11 is 0. The van der Waals surface area contributed by atoms with Crippen molar-refractivity contribution in [3.05, 3.63) is 29.8 Å². The lowest BCUT2D eigenvalue weighted by molar-refractivity contribution is -1.04. The third kappa shape index (κ3) is 1.61. The number of aliphatic hydroxyl groups excluding tert-OH is 2. The van der Waals surface area contributed by atoms with Crippen LogP contribution < -0.4 is 4.90 Å². The highest BCUT2D eigenvalue weighted by Crippen LogP contribution is 2.71. The summed E-state index contributed by atoms with van der Waals surface area (Å²) in [6.45, 7) is 5.59. The number of piperidine rings is 4. The molecule has 1 saturated carbocycles. The molecule has 4 nitrogen and oxygen atoms in total. The first-order chi connectivity index (χ1) is 13.5. The van der Waals surface area contributed by atoms with Gasteiger partial charge in [-0.1, -0.05) is 38.5 Å². The summed E-state index contributed by atoms with van der Waals surface area (Å²) in [7, 11) is 2.24. The van der Waals surface area contributed by atoms with E-state index in [4.69, 9.17) is 0 Å². The fraction of sp³-hybridized carbons (Fsp3) is 0.750. The van der Waals surface area contributed by atoms with Crippen molar-refractivity contribution in [2.24, 2.45) is 17.8 Å². The number of benzene rings is 1. The van der Waals surface area contributed by atoms with Crippen molar-refractivity contribution in [3.8, 4) is 0 Å². The largest absolute Gasteiger partial charge is 0.392 e.